The number of hydrogen-bond acceptors (Lipinski definition) is 4. The lowest BCUT2D eigenvalue weighted by molar-refractivity contribution is 0.354. The summed E-state index contributed by atoms with van der Waals surface area (Å²) in [6.07, 6.45) is 2.62. The van der Waals surface area contributed by atoms with E-state index in [-0.39, 0.29) is 0 Å². The first-order chi connectivity index (χ1) is 9.33. The smallest absolute Gasteiger partial charge is 0.160 e. The lowest BCUT2D eigenvalue weighted by atomic mass is 10.1. The number of ether oxygens (including phenoxy) is 2. The second-order valence-electron chi connectivity index (χ2n) is 4.20. The van der Waals surface area contributed by atoms with E-state index in [1.54, 1.807) is 20.5 Å². The highest BCUT2D eigenvalue weighted by Crippen LogP contribution is 2.27. The number of furan rings is 1. The Morgan fingerprint density at radius 3 is 2.63 bits per heavy atom. The first kappa shape index (κ1) is 13.5. The second-order valence-corrected chi connectivity index (χ2v) is 4.20. The maximum absolute atomic E-state index is 5.28. The van der Waals surface area contributed by atoms with Crippen LogP contribution in [0.2, 0.25) is 0 Å². The topological polar surface area (TPSA) is 43.6 Å². The molecule has 1 aromatic heterocycles. The molecule has 0 bridgehead atoms. The van der Waals surface area contributed by atoms with E-state index in [1.165, 1.54) is 5.56 Å². The van der Waals surface area contributed by atoms with Gasteiger partial charge in [-0.2, -0.15) is 0 Å². The van der Waals surface area contributed by atoms with Crippen LogP contribution in [0.4, 0.5) is 0 Å². The van der Waals surface area contributed by atoms with Crippen molar-refractivity contribution < 1.29 is 13.9 Å². The van der Waals surface area contributed by atoms with Gasteiger partial charge in [0, 0.05) is 0 Å². The van der Waals surface area contributed by atoms with Crippen LogP contribution in [0, 0.1) is 0 Å². The summed E-state index contributed by atoms with van der Waals surface area (Å²) in [5.41, 5.74) is 1.21. The Kier molecular flexibility index (Phi) is 4.86. The maximum Gasteiger partial charge on any atom is 0.160 e. The van der Waals surface area contributed by atoms with Gasteiger partial charge in [-0.05, 0) is 42.8 Å². The molecular weight excluding hydrogens is 242 g/mol. The molecule has 1 N–H and O–H groups in total. The van der Waals surface area contributed by atoms with Crippen molar-refractivity contribution in [3.63, 3.8) is 0 Å². The molecule has 0 aliphatic rings. The van der Waals surface area contributed by atoms with Crippen LogP contribution in [0.3, 0.4) is 0 Å². The van der Waals surface area contributed by atoms with Crippen LogP contribution in [0.15, 0.2) is 41.0 Å². The largest absolute Gasteiger partial charge is 0.493 e. The molecule has 1 heterocycles. The van der Waals surface area contributed by atoms with Gasteiger partial charge in [0.25, 0.3) is 0 Å². The molecular formula is C15H19NO3. The Hall–Kier alpha value is -1.94. The van der Waals surface area contributed by atoms with Crippen LogP contribution in [0.1, 0.15) is 11.3 Å². The lowest BCUT2D eigenvalue weighted by Crippen LogP contribution is -2.16. The fraction of sp³-hybridized carbons (Fsp3) is 0.333. The van der Waals surface area contributed by atoms with Gasteiger partial charge in [-0.15, -0.1) is 0 Å². The summed E-state index contributed by atoms with van der Waals surface area (Å²) in [5.74, 6) is 2.48. The molecule has 0 aliphatic carbocycles. The fourth-order valence-corrected chi connectivity index (χ4v) is 1.89. The van der Waals surface area contributed by atoms with E-state index in [0.29, 0.717) is 0 Å². The number of benzene rings is 1. The van der Waals surface area contributed by atoms with E-state index in [0.717, 1.165) is 36.8 Å². The lowest BCUT2D eigenvalue weighted by Gasteiger charge is -2.09. The van der Waals surface area contributed by atoms with E-state index in [9.17, 15) is 0 Å². The van der Waals surface area contributed by atoms with Crippen LogP contribution in [0.25, 0.3) is 0 Å². The number of nitrogens with one attached hydrogen (secondary N) is 1. The van der Waals surface area contributed by atoms with Crippen LogP contribution in [-0.4, -0.2) is 20.8 Å². The standard InChI is InChI=1S/C15H19NO3/c1-17-14-6-5-12(10-15(14)18-2)7-8-16-11-13-4-3-9-19-13/h3-6,9-10,16H,7-8,11H2,1-2H3. The number of rotatable bonds is 7. The zero-order valence-electron chi connectivity index (χ0n) is 11.3. The second kappa shape index (κ2) is 6.85. The van der Waals surface area contributed by atoms with Gasteiger partial charge >= 0.3 is 0 Å². The zero-order chi connectivity index (χ0) is 13.5. The van der Waals surface area contributed by atoms with E-state index < -0.39 is 0 Å². The summed E-state index contributed by atoms with van der Waals surface area (Å²) in [6, 6.07) is 9.85. The van der Waals surface area contributed by atoms with Crippen LogP contribution in [0.5, 0.6) is 11.5 Å². The zero-order valence-corrected chi connectivity index (χ0v) is 11.3. The first-order valence-electron chi connectivity index (χ1n) is 6.27. The summed E-state index contributed by atoms with van der Waals surface area (Å²) in [4.78, 5) is 0. The van der Waals surface area contributed by atoms with E-state index in [4.69, 9.17) is 13.9 Å². The van der Waals surface area contributed by atoms with Gasteiger partial charge in [0.1, 0.15) is 5.76 Å². The van der Waals surface area contributed by atoms with Crippen molar-refractivity contribution in [2.45, 2.75) is 13.0 Å². The average Bonchev–Trinajstić information content (AvgIpc) is 2.96. The van der Waals surface area contributed by atoms with Crippen LogP contribution >= 0.6 is 0 Å². The van der Waals surface area contributed by atoms with Gasteiger partial charge in [0.15, 0.2) is 11.5 Å². The molecule has 4 heteroatoms. The molecule has 1 aromatic carbocycles. The SMILES string of the molecule is COc1ccc(CCNCc2ccco2)cc1OC. The molecule has 0 fully saturated rings. The molecule has 0 saturated heterocycles. The molecule has 0 amide bonds. The van der Waals surface area contributed by atoms with Gasteiger partial charge in [-0.1, -0.05) is 6.07 Å². The Balaban J connectivity index is 1.82. The van der Waals surface area contributed by atoms with Crippen molar-refractivity contribution in [1.82, 2.24) is 5.32 Å². The third-order valence-electron chi connectivity index (χ3n) is 2.92. The van der Waals surface area contributed by atoms with Crippen LogP contribution in [-0.2, 0) is 13.0 Å². The molecule has 0 unspecified atom stereocenters. The molecule has 2 rings (SSSR count). The molecule has 0 aliphatic heterocycles. The Labute approximate surface area is 113 Å². The van der Waals surface area contributed by atoms with Crippen molar-refractivity contribution >= 4 is 0 Å². The predicted octanol–water partition coefficient (Wildman–Crippen LogP) is 2.63. The third kappa shape index (κ3) is 3.76. The third-order valence-corrected chi connectivity index (χ3v) is 2.92. The van der Waals surface area contributed by atoms with Gasteiger partial charge in [0.05, 0.1) is 27.0 Å². The molecule has 4 nitrogen and oxygen atoms in total. The molecule has 0 radical (unpaired) electrons. The summed E-state index contributed by atoms with van der Waals surface area (Å²) >= 11 is 0. The molecule has 102 valence electrons. The predicted molar refractivity (Wildman–Crippen MR) is 73.7 cm³/mol. The van der Waals surface area contributed by atoms with Crippen molar-refractivity contribution in [3.05, 3.63) is 47.9 Å². The highest BCUT2D eigenvalue weighted by atomic mass is 16.5. The number of methoxy groups -OCH3 is 2. The van der Waals surface area contributed by atoms with Crippen molar-refractivity contribution in [2.24, 2.45) is 0 Å². The Morgan fingerprint density at radius 1 is 1.11 bits per heavy atom. The van der Waals surface area contributed by atoms with Gasteiger partial charge < -0.3 is 19.2 Å². The quantitative estimate of drug-likeness (QED) is 0.778. The minimum Gasteiger partial charge on any atom is -0.493 e. The maximum atomic E-state index is 5.28. The summed E-state index contributed by atoms with van der Waals surface area (Å²) in [7, 11) is 3.29. The highest BCUT2D eigenvalue weighted by Gasteiger charge is 2.04. The fourth-order valence-electron chi connectivity index (χ4n) is 1.89. The molecule has 0 atom stereocenters. The Bertz CT molecular complexity index is 494. The summed E-state index contributed by atoms with van der Waals surface area (Å²) in [5, 5.41) is 3.34. The highest BCUT2D eigenvalue weighted by molar-refractivity contribution is 5.42. The molecule has 0 saturated carbocycles. The number of hydrogen-bond donors (Lipinski definition) is 1. The van der Waals surface area contributed by atoms with E-state index in [2.05, 4.69) is 11.4 Å². The van der Waals surface area contributed by atoms with Crippen molar-refractivity contribution in [1.29, 1.82) is 0 Å². The monoisotopic (exact) mass is 261 g/mol. The minimum absolute atomic E-state index is 0.750. The van der Waals surface area contributed by atoms with E-state index >= 15 is 0 Å². The van der Waals surface area contributed by atoms with Crippen LogP contribution < -0.4 is 14.8 Å². The molecule has 2 aromatic rings. The minimum atomic E-state index is 0.750. The van der Waals surface area contributed by atoms with Crippen molar-refractivity contribution in [2.75, 3.05) is 20.8 Å². The summed E-state index contributed by atoms with van der Waals surface area (Å²) in [6.45, 7) is 1.64. The van der Waals surface area contributed by atoms with E-state index in [1.807, 2.05) is 24.3 Å². The van der Waals surface area contributed by atoms with Gasteiger partial charge in [-0.3, -0.25) is 0 Å². The van der Waals surface area contributed by atoms with Gasteiger partial charge in [-0.25, -0.2) is 0 Å². The normalized spacial score (nSPS) is 10.4. The Morgan fingerprint density at radius 2 is 1.95 bits per heavy atom. The molecule has 0 spiro atoms. The first-order valence-corrected chi connectivity index (χ1v) is 6.27. The van der Waals surface area contributed by atoms with Crippen molar-refractivity contribution in [3.8, 4) is 11.5 Å². The molecule has 19 heavy (non-hydrogen) atoms. The average molecular weight is 261 g/mol. The summed E-state index contributed by atoms with van der Waals surface area (Å²) < 4.78 is 15.7. The van der Waals surface area contributed by atoms with Gasteiger partial charge in [0.2, 0.25) is 0 Å².